The van der Waals surface area contributed by atoms with Crippen LogP contribution in [-0.2, 0) is 0 Å². The predicted octanol–water partition coefficient (Wildman–Crippen LogP) is 8.11. The maximum atomic E-state index is 13.2. The van der Waals surface area contributed by atoms with Crippen molar-refractivity contribution in [3.05, 3.63) is 106 Å². The first-order valence-electron chi connectivity index (χ1n) is 11.1. The van der Waals surface area contributed by atoms with Crippen LogP contribution in [0, 0.1) is 6.92 Å². The second kappa shape index (κ2) is 9.92. The minimum Gasteiger partial charge on any atom is -0.497 e. The highest BCUT2D eigenvalue weighted by atomic mass is 32.1. The van der Waals surface area contributed by atoms with Crippen molar-refractivity contribution in [1.29, 1.82) is 0 Å². The molecule has 0 spiro atoms. The number of esters is 1. The fraction of sp³-hybridized carbons (Fsp3) is 0.0714. The number of pyridine rings is 1. The van der Waals surface area contributed by atoms with Crippen LogP contribution in [0.25, 0.3) is 43.0 Å². The number of benzene rings is 3. The van der Waals surface area contributed by atoms with Crippen molar-refractivity contribution >= 4 is 33.2 Å². The minimum absolute atomic E-state index is 0.191. The molecule has 5 rings (SSSR count). The molecule has 0 radical (unpaired) electrons. The van der Waals surface area contributed by atoms with E-state index in [-0.39, 0.29) is 10.6 Å². The first kappa shape index (κ1) is 23.1. The van der Waals surface area contributed by atoms with Gasteiger partial charge in [0.05, 0.1) is 18.5 Å². The van der Waals surface area contributed by atoms with E-state index >= 15 is 0 Å². The van der Waals surface area contributed by atoms with Crippen molar-refractivity contribution in [2.75, 3.05) is 7.11 Å². The average Bonchev–Trinajstić information content (AvgIpc) is 3.29. The molecule has 0 amide bonds. The standard InChI is InChI=1S/C28H20N4O3S/c1-17-8-12-21(13-9-17)35-28(33)26-25(31-32-29)24-22(18-10-14-20(34-2)15-11-18)16-23(30-27(24)36-26)19-6-4-3-5-7-19/h3-16H,1-2H3. The number of hydrogen-bond donors (Lipinski definition) is 0. The molecule has 8 heteroatoms. The van der Waals surface area contributed by atoms with E-state index < -0.39 is 5.97 Å². The van der Waals surface area contributed by atoms with Gasteiger partial charge in [-0.2, -0.15) is 0 Å². The predicted molar refractivity (Wildman–Crippen MR) is 142 cm³/mol. The smallest absolute Gasteiger partial charge is 0.354 e. The van der Waals surface area contributed by atoms with Crippen molar-refractivity contribution in [2.24, 2.45) is 5.11 Å². The van der Waals surface area contributed by atoms with Crippen LogP contribution < -0.4 is 9.47 Å². The zero-order chi connectivity index (χ0) is 25.1. The van der Waals surface area contributed by atoms with Crippen LogP contribution in [0.1, 0.15) is 15.2 Å². The van der Waals surface area contributed by atoms with Gasteiger partial charge in [0.1, 0.15) is 21.2 Å². The van der Waals surface area contributed by atoms with Gasteiger partial charge in [-0.3, -0.25) is 0 Å². The summed E-state index contributed by atoms with van der Waals surface area (Å²) in [7, 11) is 1.61. The topological polar surface area (TPSA) is 97.2 Å². The van der Waals surface area contributed by atoms with Gasteiger partial charge in [0.2, 0.25) is 0 Å². The number of fused-ring (bicyclic) bond motifs is 1. The number of rotatable bonds is 6. The summed E-state index contributed by atoms with van der Waals surface area (Å²) >= 11 is 1.14. The summed E-state index contributed by atoms with van der Waals surface area (Å²) in [6.45, 7) is 1.95. The Balaban J connectivity index is 1.72. The Kier molecular flexibility index (Phi) is 6.36. The van der Waals surface area contributed by atoms with Gasteiger partial charge in [0, 0.05) is 15.9 Å². The van der Waals surface area contributed by atoms with Gasteiger partial charge in [-0.25, -0.2) is 9.78 Å². The number of carbonyl (C=O) groups is 1. The molecule has 0 saturated heterocycles. The number of nitrogens with zero attached hydrogens (tertiary/aromatic N) is 4. The highest BCUT2D eigenvalue weighted by molar-refractivity contribution is 7.21. The Morgan fingerprint density at radius 2 is 1.64 bits per heavy atom. The molecule has 176 valence electrons. The van der Waals surface area contributed by atoms with E-state index in [1.807, 2.05) is 79.7 Å². The van der Waals surface area contributed by atoms with Gasteiger partial charge in [-0.05, 0) is 53.9 Å². The fourth-order valence-corrected chi connectivity index (χ4v) is 4.89. The van der Waals surface area contributed by atoms with E-state index in [1.54, 1.807) is 19.2 Å². The molecule has 36 heavy (non-hydrogen) atoms. The van der Waals surface area contributed by atoms with Crippen molar-refractivity contribution < 1.29 is 14.3 Å². The van der Waals surface area contributed by atoms with Crippen LogP contribution in [0.15, 0.2) is 90.0 Å². The highest BCUT2D eigenvalue weighted by Gasteiger charge is 2.24. The van der Waals surface area contributed by atoms with Crippen LogP contribution >= 0.6 is 11.3 Å². The second-order valence-corrected chi connectivity index (χ2v) is 9.00. The summed E-state index contributed by atoms with van der Waals surface area (Å²) in [6, 6.07) is 26.4. The molecule has 3 aromatic carbocycles. The zero-order valence-corrected chi connectivity index (χ0v) is 20.3. The summed E-state index contributed by atoms with van der Waals surface area (Å²) < 4.78 is 10.9. The van der Waals surface area contributed by atoms with E-state index in [4.69, 9.17) is 14.5 Å². The van der Waals surface area contributed by atoms with Crippen LogP contribution in [0.5, 0.6) is 11.5 Å². The third-order valence-corrected chi connectivity index (χ3v) is 6.72. The molecule has 0 aliphatic carbocycles. The van der Waals surface area contributed by atoms with E-state index in [9.17, 15) is 10.3 Å². The van der Waals surface area contributed by atoms with Gasteiger partial charge < -0.3 is 9.47 Å². The number of aromatic nitrogens is 1. The number of aryl methyl sites for hydroxylation is 1. The lowest BCUT2D eigenvalue weighted by molar-refractivity contribution is 0.0740. The number of methoxy groups -OCH3 is 1. The maximum absolute atomic E-state index is 13.2. The lowest BCUT2D eigenvalue weighted by Crippen LogP contribution is -2.06. The van der Waals surface area contributed by atoms with Crippen LogP contribution in [0.4, 0.5) is 5.69 Å². The summed E-state index contributed by atoms with van der Waals surface area (Å²) in [6.07, 6.45) is 0. The molecule has 0 bridgehead atoms. The molecule has 0 unspecified atom stereocenters. The van der Waals surface area contributed by atoms with Crippen molar-refractivity contribution in [3.63, 3.8) is 0 Å². The normalized spacial score (nSPS) is 10.6. The summed E-state index contributed by atoms with van der Waals surface area (Å²) in [4.78, 5) is 21.8. The molecule has 0 atom stereocenters. The van der Waals surface area contributed by atoms with Gasteiger partial charge in [0.25, 0.3) is 0 Å². The van der Waals surface area contributed by atoms with Gasteiger partial charge in [-0.15, -0.1) is 11.3 Å². The Morgan fingerprint density at radius 1 is 0.944 bits per heavy atom. The summed E-state index contributed by atoms with van der Waals surface area (Å²) in [5.41, 5.74) is 13.9. The van der Waals surface area contributed by atoms with Crippen LogP contribution in [0.3, 0.4) is 0 Å². The first-order valence-corrected chi connectivity index (χ1v) is 11.9. The van der Waals surface area contributed by atoms with Crippen LogP contribution in [-0.4, -0.2) is 18.1 Å². The second-order valence-electron chi connectivity index (χ2n) is 8.00. The molecule has 7 nitrogen and oxygen atoms in total. The third-order valence-electron chi connectivity index (χ3n) is 5.67. The van der Waals surface area contributed by atoms with E-state index in [2.05, 4.69) is 10.0 Å². The molecule has 2 heterocycles. The molecule has 0 aliphatic heterocycles. The zero-order valence-electron chi connectivity index (χ0n) is 19.5. The number of carbonyl (C=O) groups excluding carboxylic acids is 1. The quantitative estimate of drug-likeness (QED) is 0.0786. The Hall–Kier alpha value is -4.65. The SMILES string of the molecule is COc1ccc(-c2cc(-c3ccccc3)nc3sc(C(=O)Oc4ccc(C)cc4)c(N=[N+]=[N-])c23)cc1. The van der Waals surface area contributed by atoms with Crippen molar-refractivity contribution in [1.82, 2.24) is 4.98 Å². The minimum atomic E-state index is -0.605. The number of azide groups is 1. The van der Waals surface area contributed by atoms with E-state index in [0.29, 0.717) is 16.0 Å². The Morgan fingerprint density at radius 3 is 2.31 bits per heavy atom. The monoisotopic (exact) mass is 492 g/mol. The molecule has 0 N–H and O–H groups in total. The Labute approximate surface area is 211 Å². The number of hydrogen-bond acceptors (Lipinski definition) is 6. The largest absolute Gasteiger partial charge is 0.497 e. The molecule has 2 aromatic heterocycles. The summed E-state index contributed by atoms with van der Waals surface area (Å²) in [5.74, 6) is 0.518. The Bertz CT molecular complexity index is 1610. The lowest BCUT2D eigenvalue weighted by Gasteiger charge is -2.10. The third kappa shape index (κ3) is 4.51. The molecule has 0 saturated carbocycles. The van der Waals surface area contributed by atoms with Crippen LogP contribution in [0.2, 0.25) is 0 Å². The molecule has 0 aliphatic rings. The average molecular weight is 493 g/mol. The molecule has 0 fully saturated rings. The number of ether oxygens (including phenoxy) is 2. The van der Waals surface area contributed by atoms with E-state index in [0.717, 1.165) is 45.0 Å². The fourth-order valence-electron chi connectivity index (χ4n) is 3.88. The first-order chi connectivity index (χ1) is 17.6. The highest BCUT2D eigenvalue weighted by Crippen LogP contribution is 2.45. The van der Waals surface area contributed by atoms with Gasteiger partial charge in [-0.1, -0.05) is 65.3 Å². The molecular weight excluding hydrogens is 472 g/mol. The van der Waals surface area contributed by atoms with Gasteiger partial charge in [0.15, 0.2) is 0 Å². The number of thiophene rings is 1. The lowest BCUT2D eigenvalue weighted by atomic mass is 9.99. The van der Waals surface area contributed by atoms with Gasteiger partial charge >= 0.3 is 5.97 Å². The molecule has 5 aromatic rings. The van der Waals surface area contributed by atoms with Crippen molar-refractivity contribution in [3.8, 4) is 33.9 Å². The maximum Gasteiger partial charge on any atom is 0.354 e. The van der Waals surface area contributed by atoms with E-state index in [1.165, 1.54) is 0 Å². The van der Waals surface area contributed by atoms with Crippen molar-refractivity contribution in [2.45, 2.75) is 6.92 Å². The molecular formula is C28H20N4O3S. The summed E-state index contributed by atoms with van der Waals surface area (Å²) in [5, 5.41) is 4.52.